The number of rotatable bonds is 6. The molecule has 0 bridgehead atoms. The van der Waals surface area contributed by atoms with Crippen LogP contribution in [0.1, 0.15) is 34.4 Å². The van der Waals surface area contributed by atoms with Gasteiger partial charge in [-0.25, -0.2) is 4.79 Å². The van der Waals surface area contributed by atoms with E-state index >= 15 is 0 Å². The molecule has 5 nitrogen and oxygen atoms in total. The minimum absolute atomic E-state index is 0.0185. The lowest BCUT2D eigenvalue weighted by Gasteiger charge is -2.09. The van der Waals surface area contributed by atoms with Gasteiger partial charge in [-0.15, -0.1) is 0 Å². The van der Waals surface area contributed by atoms with Gasteiger partial charge >= 0.3 is 5.97 Å². The zero-order valence-corrected chi connectivity index (χ0v) is 13.3. The number of ether oxygens (including phenoxy) is 2. The molecular formula is C18H18O5. The normalized spacial score (nSPS) is 10.7. The van der Waals surface area contributed by atoms with E-state index in [1.807, 2.05) is 13.0 Å². The van der Waals surface area contributed by atoms with Gasteiger partial charge in [0.05, 0.1) is 7.11 Å². The van der Waals surface area contributed by atoms with E-state index in [2.05, 4.69) is 0 Å². The Balaban J connectivity index is 2.02. The van der Waals surface area contributed by atoms with Gasteiger partial charge in [0.25, 0.3) is 0 Å². The molecule has 0 saturated heterocycles. The van der Waals surface area contributed by atoms with Crippen molar-refractivity contribution in [3.05, 3.63) is 59.1 Å². The highest BCUT2D eigenvalue weighted by molar-refractivity contribution is 5.94. The largest absolute Gasteiger partial charge is 0.496 e. The first-order chi connectivity index (χ1) is 11.0. The predicted octanol–water partition coefficient (Wildman–Crippen LogP) is 3.56. The third-order valence-corrected chi connectivity index (χ3v) is 3.20. The number of aryl methyl sites for hydroxylation is 1. The van der Waals surface area contributed by atoms with Crippen molar-refractivity contribution in [1.29, 1.82) is 0 Å². The first-order valence-electron chi connectivity index (χ1n) is 7.08. The third kappa shape index (κ3) is 4.57. The van der Waals surface area contributed by atoms with Crippen LogP contribution in [0.4, 0.5) is 0 Å². The molecule has 120 valence electrons. The maximum atomic E-state index is 11.8. The topological polar surface area (TPSA) is 65.7 Å². The molecule has 0 amide bonds. The van der Waals surface area contributed by atoms with Gasteiger partial charge in [0.15, 0.2) is 5.78 Å². The second kappa shape index (κ2) is 7.45. The van der Waals surface area contributed by atoms with Crippen LogP contribution < -0.4 is 4.74 Å². The average molecular weight is 314 g/mol. The van der Waals surface area contributed by atoms with Gasteiger partial charge in [0.1, 0.15) is 23.9 Å². The fraction of sp³-hybridized carbons (Fsp3) is 0.222. The van der Waals surface area contributed by atoms with Gasteiger partial charge in [-0.05, 0) is 50.3 Å². The van der Waals surface area contributed by atoms with Crippen LogP contribution in [0.2, 0.25) is 0 Å². The smallest absolute Gasteiger partial charge is 0.331 e. The summed E-state index contributed by atoms with van der Waals surface area (Å²) in [4.78, 5) is 23.2. The minimum atomic E-state index is -0.505. The molecule has 0 saturated carbocycles. The Hall–Kier alpha value is -2.82. The molecule has 0 radical (unpaired) electrons. The Labute approximate surface area is 134 Å². The van der Waals surface area contributed by atoms with Crippen LogP contribution in [-0.2, 0) is 16.1 Å². The van der Waals surface area contributed by atoms with Crippen LogP contribution >= 0.6 is 0 Å². The summed E-state index contributed by atoms with van der Waals surface area (Å²) in [6.45, 7) is 3.32. The highest BCUT2D eigenvalue weighted by Crippen LogP contribution is 2.21. The molecule has 0 fully saturated rings. The van der Waals surface area contributed by atoms with Crippen molar-refractivity contribution in [3.63, 3.8) is 0 Å². The summed E-state index contributed by atoms with van der Waals surface area (Å²) < 4.78 is 15.7. The van der Waals surface area contributed by atoms with Crippen LogP contribution in [0.3, 0.4) is 0 Å². The van der Waals surface area contributed by atoms with Crippen molar-refractivity contribution >= 4 is 17.8 Å². The van der Waals surface area contributed by atoms with E-state index in [1.54, 1.807) is 30.3 Å². The number of hydrogen-bond acceptors (Lipinski definition) is 5. The maximum absolute atomic E-state index is 11.8. The van der Waals surface area contributed by atoms with E-state index in [1.165, 1.54) is 20.1 Å². The predicted molar refractivity (Wildman–Crippen MR) is 85.3 cm³/mol. The molecule has 5 heteroatoms. The van der Waals surface area contributed by atoms with Crippen molar-refractivity contribution in [2.45, 2.75) is 20.5 Å². The number of furan rings is 1. The van der Waals surface area contributed by atoms with E-state index in [-0.39, 0.29) is 12.4 Å². The quantitative estimate of drug-likeness (QED) is 0.463. The lowest BCUT2D eigenvalue weighted by atomic mass is 10.1. The summed E-state index contributed by atoms with van der Waals surface area (Å²) in [5.41, 5.74) is 1.18. The van der Waals surface area contributed by atoms with Crippen LogP contribution in [0.15, 0.2) is 40.8 Å². The SMILES string of the molecule is COc1ccc(C(C)=O)cc1COC(=O)C=Cc1ccc(C)o1. The number of carbonyl (C=O) groups is 2. The lowest BCUT2D eigenvalue weighted by molar-refractivity contribution is -0.138. The number of methoxy groups -OCH3 is 1. The van der Waals surface area contributed by atoms with Crippen molar-refractivity contribution in [2.75, 3.05) is 7.11 Å². The molecule has 0 aliphatic heterocycles. The number of Topliss-reactive ketones (excluding diaryl/α,β-unsaturated/α-hetero) is 1. The molecule has 23 heavy (non-hydrogen) atoms. The second-order valence-electron chi connectivity index (χ2n) is 4.97. The Bertz CT molecular complexity index is 740. The van der Waals surface area contributed by atoms with Crippen molar-refractivity contribution in [1.82, 2.24) is 0 Å². The number of ketones is 1. The van der Waals surface area contributed by atoms with Gasteiger partial charge in [-0.1, -0.05) is 0 Å². The monoisotopic (exact) mass is 314 g/mol. The van der Waals surface area contributed by atoms with E-state index < -0.39 is 5.97 Å². The molecule has 1 aromatic carbocycles. The molecule has 0 unspecified atom stereocenters. The number of hydrogen-bond donors (Lipinski definition) is 0. The average Bonchev–Trinajstić information content (AvgIpc) is 2.96. The van der Waals surface area contributed by atoms with Gasteiger partial charge in [-0.3, -0.25) is 4.79 Å². The second-order valence-corrected chi connectivity index (χ2v) is 4.97. The van der Waals surface area contributed by atoms with Crippen molar-refractivity contribution < 1.29 is 23.5 Å². The Morgan fingerprint density at radius 1 is 1.22 bits per heavy atom. The molecule has 1 heterocycles. The van der Waals surface area contributed by atoms with Gasteiger partial charge in [-0.2, -0.15) is 0 Å². The van der Waals surface area contributed by atoms with E-state index in [0.717, 1.165) is 5.76 Å². The molecule has 1 aromatic heterocycles. The minimum Gasteiger partial charge on any atom is -0.496 e. The van der Waals surface area contributed by atoms with E-state index in [4.69, 9.17) is 13.9 Å². The molecule has 0 spiro atoms. The highest BCUT2D eigenvalue weighted by atomic mass is 16.5. The fourth-order valence-electron chi connectivity index (χ4n) is 2.00. The van der Waals surface area contributed by atoms with Crippen LogP contribution in [0.5, 0.6) is 5.75 Å². The third-order valence-electron chi connectivity index (χ3n) is 3.20. The molecular weight excluding hydrogens is 296 g/mol. The molecule has 0 aliphatic rings. The standard InChI is InChI=1S/C18H18O5/c1-12-4-6-16(23-12)7-9-18(20)22-11-15-10-14(13(2)19)5-8-17(15)21-3/h4-10H,11H2,1-3H3. The number of carbonyl (C=O) groups excluding carboxylic acids is 2. The van der Waals surface area contributed by atoms with Crippen molar-refractivity contribution in [3.8, 4) is 5.75 Å². The Morgan fingerprint density at radius 2 is 2.00 bits per heavy atom. The highest BCUT2D eigenvalue weighted by Gasteiger charge is 2.09. The molecule has 2 rings (SSSR count). The molecule has 0 atom stereocenters. The van der Waals surface area contributed by atoms with Crippen LogP contribution in [-0.4, -0.2) is 18.9 Å². The van der Waals surface area contributed by atoms with E-state index in [0.29, 0.717) is 22.6 Å². The summed E-state index contributed by atoms with van der Waals surface area (Å²) in [5, 5.41) is 0. The molecule has 2 aromatic rings. The summed E-state index contributed by atoms with van der Waals surface area (Å²) in [6.07, 6.45) is 2.83. The summed E-state index contributed by atoms with van der Waals surface area (Å²) in [5.74, 6) is 1.34. The Kier molecular flexibility index (Phi) is 5.36. The number of esters is 1. The zero-order valence-electron chi connectivity index (χ0n) is 13.3. The lowest BCUT2D eigenvalue weighted by Crippen LogP contribution is -2.04. The summed E-state index contributed by atoms with van der Waals surface area (Å²) in [7, 11) is 1.52. The molecule has 0 aliphatic carbocycles. The maximum Gasteiger partial charge on any atom is 0.331 e. The Morgan fingerprint density at radius 3 is 2.61 bits per heavy atom. The summed E-state index contributed by atoms with van der Waals surface area (Å²) >= 11 is 0. The summed E-state index contributed by atoms with van der Waals surface area (Å²) in [6, 6.07) is 8.59. The first kappa shape index (κ1) is 16.5. The van der Waals surface area contributed by atoms with Gasteiger partial charge in [0, 0.05) is 17.2 Å². The van der Waals surface area contributed by atoms with Crippen LogP contribution in [0.25, 0.3) is 6.08 Å². The van der Waals surface area contributed by atoms with Gasteiger partial charge in [0.2, 0.25) is 0 Å². The van der Waals surface area contributed by atoms with Gasteiger partial charge < -0.3 is 13.9 Å². The zero-order chi connectivity index (χ0) is 16.8. The fourth-order valence-corrected chi connectivity index (χ4v) is 2.00. The van der Waals surface area contributed by atoms with Crippen molar-refractivity contribution in [2.24, 2.45) is 0 Å². The molecule has 0 N–H and O–H groups in total. The number of benzene rings is 1. The van der Waals surface area contributed by atoms with Crippen LogP contribution in [0, 0.1) is 6.92 Å². The van der Waals surface area contributed by atoms with E-state index in [9.17, 15) is 9.59 Å². The first-order valence-corrected chi connectivity index (χ1v) is 7.08.